The predicted molar refractivity (Wildman–Crippen MR) is 35.7 cm³/mol. The number of rotatable bonds is 1. The Labute approximate surface area is 65.1 Å². The first kappa shape index (κ1) is 7.49. The van der Waals surface area contributed by atoms with Crippen molar-refractivity contribution in [3.63, 3.8) is 0 Å². The molecule has 0 spiro atoms. The van der Waals surface area contributed by atoms with Crippen LogP contribution in [0.25, 0.3) is 0 Å². The van der Waals surface area contributed by atoms with E-state index in [0.717, 1.165) is 6.42 Å². The fourth-order valence-electron chi connectivity index (χ4n) is 1.66. The molecule has 2 fully saturated rings. The molecule has 0 saturated carbocycles. The maximum absolute atomic E-state index is 9.25. The van der Waals surface area contributed by atoms with Crippen LogP contribution in [0.5, 0.6) is 0 Å². The molecule has 4 atom stereocenters. The van der Waals surface area contributed by atoms with E-state index in [1.165, 1.54) is 0 Å². The lowest BCUT2D eigenvalue weighted by atomic mass is 10.0. The summed E-state index contributed by atoms with van der Waals surface area (Å²) in [6.45, 7) is 0.492. The predicted octanol–water partition coefficient (Wildman–Crippen LogP) is -0.287. The molecule has 2 saturated heterocycles. The lowest BCUT2D eigenvalue weighted by Gasteiger charge is -2.10. The fraction of sp³-hybridized carbons (Fsp3) is 1.00. The summed E-state index contributed by atoms with van der Waals surface area (Å²) in [7, 11) is 1.61. The molecule has 0 aromatic rings. The molecule has 0 bridgehead atoms. The molecule has 1 N–H and O–H groups in total. The molecule has 4 nitrogen and oxygen atoms in total. The third-order valence-electron chi connectivity index (χ3n) is 2.33. The van der Waals surface area contributed by atoms with E-state index >= 15 is 0 Å². The van der Waals surface area contributed by atoms with E-state index in [4.69, 9.17) is 14.2 Å². The van der Waals surface area contributed by atoms with Gasteiger partial charge in [-0.05, 0) is 0 Å². The molecule has 2 heterocycles. The van der Waals surface area contributed by atoms with E-state index < -0.39 is 6.29 Å². The van der Waals surface area contributed by atoms with Gasteiger partial charge in [0.15, 0.2) is 12.6 Å². The zero-order valence-electron chi connectivity index (χ0n) is 6.40. The van der Waals surface area contributed by atoms with E-state index in [0.29, 0.717) is 6.61 Å². The summed E-state index contributed by atoms with van der Waals surface area (Å²) >= 11 is 0. The van der Waals surface area contributed by atoms with Gasteiger partial charge < -0.3 is 19.3 Å². The minimum absolute atomic E-state index is 0.0370. The second-order valence-corrected chi connectivity index (χ2v) is 2.96. The Kier molecular flexibility index (Phi) is 1.85. The van der Waals surface area contributed by atoms with Crippen LogP contribution in [0.3, 0.4) is 0 Å². The Morgan fingerprint density at radius 3 is 3.00 bits per heavy atom. The summed E-state index contributed by atoms with van der Waals surface area (Å²) in [4.78, 5) is 0. The van der Waals surface area contributed by atoms with E-state index in [1.54, 1.807) is 7.11 Å². The Bertz CT molecular complexity index is 149. The molecular weight excluding hydrogens is 148 g/mol. The van der Waals surface area contributed by atoms with E-state index in [2.05, 4.69) is 0 Å². The van der Waals surface area contributed by atoms with Gasteiger partial charge in [-0.2, -0.15) is 0 Å². The standard InChI is InChI=1S/C7H12O4/c1-9-6-2-4-5(11-6)3-10-7(4)8/h4-8H,2-3H2,1H3/t4-,5-,6+,7-/m1/s1. The van der Waals surface area contributed by atoms with Crippen LogP contribution in [-0.4, -0.2) is 37.5 Å². The lowest BCUT2D eigenvalue weighted by molar-refractivity contribution is -0.135. The van der Waals surface area contributed by atoms with Crippen LogP contribution in [0.1, 0.15) is 6.42 Å². The SMILES string of the molecule is CO[C@@H]1C[C@H]2[C@H](O)OC[C@H]2O1. The summed E-state index contributed by atoms with van der Waals surface area (Å²) < 4.78 is 15.4. The maximum Gasteiger partial charge on any atom is 0.160 e. The number of aliphatic hydroxyl groups excluding tert-OH is 1. The smallest absolute Gasteiger partial charge is 0.160 e. The van der Waals surface area contributed by atoms with Crippen LogP contribution < -0.4 is 0 Å². The van der Waals surface area contributed by atoms with Crippen LogP contribution in [0, 0.1) is 5.92 Å². The molecule has 0 aromatic carbocycles. The molecule has 2 rings (SSSR count). The second-order valence-electron chi connectivity index (χ2n) is 2.96. The van der Waals surface area contributed by atoms with Gasteiger partial charge in [-0.1, -0.05) is 0 Å². The average molecular weight is 160 g/mol. The van der Waals surface area contributed by atoms with Gasteiger partial charge in [0, 0.05) is 19.4 Å². The van der Waals surface area contributed by atoms with Crippen LogP contribution in [0.4, 0.5) is 0 Å². The molecular formula is C7H12O4. The minimum Gasteiger partial charge on any atom is -0.368 e. The van der Waals surface area contributed by atoms with Crippen LogP contribution in [0.2, 0.25) is 0 Å². The highest BCUT2D eigenvalue weighted by Gasteiger charge is 2.45. The summed E-state index contributed by atoms with van der Waals surface area (Å²) in [6.07, 6.45) is -0.0267. The van der Waals surface area contributed by atoms with Crippen molar-refractivity contribution < 1.29 is 19.3 Å². The number of hydrogen-bond acceptors (Lipinski definition) is 4. The van der Waals surface area contributed by atoms with Gasteiger partial charge in [0.05, 0.1) is 12.7 Å². The lowest BCUT2D eigenvalue weighted by Crippen LogP contribution is -2.18. The first-order chi connectivity index (χ1) is 5.31. The van der Waals surface area contributed by atoms with Crippen molar-refractivity contribution in [2.75, 3.05) is 13.7 Å². The van der Waals surface area contributed by atoms with Crippen molar-refractivity contribution in [3.05, 3.63) is 0 Å². The van der Waals surface area contributed by atoms with Crippen molar-refractivity contribution in [2.45, 2.75) is 25.1 Å². The van der Waals surface area contributed by atoms with Crippen molar-refractivity contribution in [3.8, 4) is 0 Å². The molecule has 0 radical (unpaired) electrons. The summed E-state index contributed by atoms with van der Waals surface area (Å²) in [5.41, 5.74) is 0. The number of fused-ring (bicyclic) bond motifs is 1. The fourth-order valence-corrected chi connectivity index (χ4v) is 1.66. The molecule has 4 heteroatoms. The van der Waals surface area contributed by atoms with Gasteiger partial charge in [-0.25, -0.2) is 0 Å². The van der Waals surface area contributed by atoms with Gasteiger partial charge in [-0.3, -0.25) is 0 Å². The Morgan fingerprint density at radius 1 is 1.55 bits per heavy atom. The minimum atomic E-state index is -0.653. The van der Waals surface area contributed by atoms with Crippen molar-refractivity contribution >= 4 is 0 Å². The third-order valence-corrected chi connectivity index (χ3v) is 2.33. The zero-order chi connectivity index (χ0) is 7.84. The Morgan fingerprint density at radius 2 is 2.36 bits per heavy atom. The van der Waals surface area contributed by atoms with Gasteiger partial charge in [0.2, 0.25) is 0 Å². The number of hydrogen-bond donors (Lipinski definition) is 1. The Balaban J connectivity index is 1.98. The second kappa shape index (κ2) is 2.71. The van der Waals surface area contributed by atoms with E-state index in [9.17, 15) is 5.11 Å². The molecule has 0 amide bonds. The first-order valence-electron chi connectivity index (χ1n) is 3.79. The molecule has 0 unspecified atom stereocenters. The van der Waals surface area contributed by atoms with Crippen LogP contribution in [-0.2, 0) is 14.2 Å². The van der Waals surface area contributed by atoms with Gasteiger partial charge in [-0.15, -0.1) is 0 Å². The monoisotopic (exact) mass is 160 g/mol. The highest BCUT2D eigenvalue weighted by molar-refractivity contribution is 4.85. The molecule has 2 aliphatic rings. The number of aliphatic hydroxyl groups is 1. The third kappa shape index (κ3) is 1.16. The summed E-state index contributed by atoms with van der Waals surface area (Å²) in [6, 6.07) is 0. The molecule has 64 valence electrons. The van der Waals surface area contributed by atoms with Crippen LogP contribution in [0.15, 0.2) is 0 Å². The normalized spacial score (nSPS) is 49.6. The van der Waals surface area contributed by atoms with Crippen LogP contribution >= 0.6 is 0 Å². The molecule has 0 aliphatic carbocycles. The largest absolute Gasteiger partial charge is 0.368 e. The number of methoxy groups -OCH3 is 1. The van der Waals surface area contributed by atoms with Crippen molar-refractivity contribution in [1.29, 1.82) is 0 Å². The Hall–Kier alpha value is -0.160. The number of ether oxygens (including phenoxy) is 3. The molecule has 2 aliphatic heterocycles. The highest BCUT2D eigenvalue weighted by atomic mass is 16.7. The topological polar surface area (TPSA) is 47.9 Å². The summed E-state index contributed by atoms with van der Waals surface area (Å²) in [5.74, 6) is 0.111. The van der Waals surface area contributed by atoms with Crippen molar-refractivity contribution in [1.82, 2.24) is 0 Å². The average Bonchev–Trinajstić information content (AvgIpc) is 2.53. The quantitative estimate of drug-likeness (QED) is 0.572. The summed E-state index contributed by atoms with van der Waals surface area (Å²) in [5, 5.41) is 9.25. The maximum atomic E-state index is 9.25. The van der Waals surface area contributed by atoms with Crippen molar-refractivity contribution in [2.24, 2.45) is 5.92 Å². The van der Waals surface area contributed by atoms with E-state index in [-0.39, 0.29) is 18.3 Å². The first-order valence-corrected chi connectivity index (χ1v) is 3.79. The van der Waals surface area contributed by atoms with Gasteiger partial charge in [0.1, 0.15) is 0 Å². The van der Waals surface area contributed by atoms with Gasteiger partial charge >= 0.3 is 0 Å². The zero-order valence-corrected chi connectivity index (χ0v) is 6.40. The molecule has 11 heavy (non-hydrogen) atoms. The highest BCUT2D eigenvalue weighted by Crippen LogP contribution is 2.34. The van der Waals surface area contributed by atoms with E-state index in [1.807, 2.05) is 0 Å². The van der Waals surface area contributed by atoms with Gasteiger partial charge in [0.25, 0.3) is 0 Å². The molecule has 0 aromatic heterocycles.